The number of nitrogens with zero attached hydrogens (tertiary/aromatic N) is 5. The lowest BCUT2D eigenvalue weighted by atomic mass is 10.1. The summed E-state index contributed by atoms with van der Waals surface area (Å²) in [4.78, 5) is 57.8. The maximum absolute atomic E-state index is 12.9. The minimum absolute atomic E-state index is 0.187. The van der Waals surface area contributed by atoms with Gasteiger partial charge in [0.15, 0.2) is 11.5 Å². The van der Waals surface area contributed by atoms with E-state index in [9.17, 15) is 19.2 Å². The van der Waals surface area contributed by atoms with Gasteiger partial charge in [0, 0.05) is 62.4 Å². The Bertz CT molecular complexity index is 2370. The molecule has 69 heavy (non-hydrogen) atoms. The Hall–Kier alpha value is -5.62. The highest BCUT2D eigenvalue weighted by Crippen LogP contribution is 2.44. The van der Waals surface area contributed by atoms with E-state index in [1.54, 1.807) is 37.8 Å². The Kier molecular flexibility index (Phi) is 18.6. The number of rotatable bonds is 5. The third-order valence-electron chi connectivity index (χ3n) is 10.6. The summed E-state index contributed by atoms with van der Waals surface area (Å²) < 4.78 is 34.0. The van der Waals surface area contributed by atoms with Gasteiger partial charge in [0.05, 0.1) is 34.6 Å². The Morgan fingerprint density at radius 3 is 1.46 bits per heavy atom. The van der Waals surface area contributed by atoms with Crippen molar-refractivity contribution in [1.82, 2.24) is 15.1 Å². The number of carbonyl (C=O) groups is 4. The van der Waals surface area contributed by atoms with Crippen LogP contribution in [0.4, 0.5) is 36.2 Å². The fourth-order valence-corrected chi connectivity index (χ4v) is 8.48. The van der Waals surface area contributed by atoms with Crippen molar-refractivity contribution in [2.75, 3.05) is 93.4 Å². The van der Waals surface area contributed by atoms with Crippen molar-refractivity contribution in [3.8, 4) is 11.5 Å². The highest BCUT2D eigenvalue weighted by molar-refractivity contribution is 9.10. The first-order valence-electron chi connectivity index (χ1n) is 22.8. The van der Waals surface area contributed by atoms with Crippen molar-refractivity contribution >= 4 is 80.6 Å². The van der Waals surface area contributed by atoms with Crippen molar-refractivity contribution in [3.05, 3.63) is 111 Å². The molecule has 4 aliphatic heterocycles. The van der Waals surface area contributed by atoms with Gasteiger partial charge in [0.2, 0.25) is 0 Å². The van der Waals surface area contributed by atoms with Gasteiger partial charge < -0.3 is 48.4 Å². The van der Waals surface area contributed by atoms with Gasteiger partial charge in [-0.25, -0.2) is 19.2 Å². The van der Waals surface area contributed by atoms with Gasteiger partial charge in [0.25, 0.3) is 0 Å². The van der Waals surface area contributed by atoms with Gasteiger partial charge in [-0.15, -0.1) is 0 Å². The summed E-state index contributed by atoms with van der Waals surface area (Å²) in [6, 6.07) is 26.1. The first kappa shape index (κ1) is 52.7. The van der Waals surface area contributed by atoms with Crippen molar-refractivity contribution in [1.29, 1.82) is 0 Å². The fraction of sp³-hybridized carbons (Fsp3) is 0.440. The average Bonchev–Trinajstić information content (AvgIpc) is 3.32. The summed E-state index contributed by atoms with van der Waals surface area (Å²) in [5, 5.41) is 4.20. The van der Waals surface area contributed by atoms with Crippen LogP contribution < -0.4 is 29.5 Å². The second-order valence-electron chi connectivity index (χ2n) is 18.3. The topological polar surface area (TPSA) is 152 Å². The highest BCUT2D eigenvalue weighted by Gasteiger charge is 2.33. The Morgan fingerprint density at radius 2 is 0.986 bits per heavy atom. The molecule has 16 nitrogen and oxygen atoms in total. The lowest BCUT2D eigenvalue weighted by Crippen LogP contribution is -2.50. The monoisotopic (exact) mass is 1050 g/mol. The van der Waals surface area contributed by atoms with E-state index in [2.05, 4.69) is 26.1 Å². The number of amides is 4. The molecule has 4 aromatic carbocycles. The first-order valence-corrected chi connectivity index (χ1v) is 24.4. The highest BCUT2D eigenvalue weighted by atomic mass is 79.9. The van der Waals surface area contributed by atoms with Gasteiger partial charge in [-0.3, -0.25) is 9.80 Å². The maximum Gasteiger partial charge on any atom is 0.414 e. The minimum atomic E-state index is -0.535. The van der Waals surface area contributed by atoms with E-state index < -0.39 is 17.8 Å². The van der Waals surface area contributed by atoms with Gasteiger partial charge in [-0.1, -0.05) is 83.9 Å². The summed E-state index contributed by atoms with van der Waals surface area (Å²) in [6.07, 6.45) is -1.38. The molecule has 0 saturated carbocycles. The van der Waals surface area contributed by atoms with Crippen LogP contribution in [0.3, 0.4) is 0 Å². The molecule has 0 radical (unpaired) electrons. The van der Waals surface area contributed by atoms with E-state index >= 15 is 0 Å². The third-order valence-corrected chi connectivity index (χ3v) is 11.6. The molecule has 0 unspecified atom stereocenters. The molecule has 4 amide bonds. The zero-order chi connectivity index (χ0) is 49.7. The number of benzene rings is 4. The van der Waals surface area contributed by atoms with Gasteiger partial charge in [-0.2, -0.15) is 0 Å². The molecule has 4 aliphatic rings. The van der Waals surface area contributed by atoms with Crippen LogP contribution in [0.2, 0.25) is 10.0 Å². The first-order chi connectivity index (χ1) is 32.8. The van der Waals surface area contributed by atoms with Crippen LogP contribution in [-0.2, 0) is 32.2 Å². The van der Waals surface area contributed by atoms with E-state index in [1.807, 2.05) is 108 Å². The van der Waals surface area contributed by atoms with Crippen molar-refractivity contribution in [2.45, 2.75) is 66.0 Å². The zero-order valence-electron chi connectivity index (χ0n) is 39.9. The largest absolute Gasteiger partial charge is 0.488 e. The van der Waals surface area contributed by atoms with Crippen LogP contribution in [0.15, 0.2) is 89.4 Å². The molecular weight excluding hydrogens is 995 g/mol. The van der Waals surface area contributed by atoms with Crippen LogP contribution >= 0.6 is 39.1 Å². The number of ether oxygens (including phenoxy) is 6. The number of nitrogens with one attached hydrogen (secondary N) is 1. The van der Waals surface area contributed by atoms with Crippen LogP contribution in [0.25, 0.3) is 0 Å². The lowest BCUT2D eigenvalue weighted by molar-refractivity contribution is 0.0223. The van der Waals surface area contributed by atoms with E-state index in [0.717, 1.165) is 47.5 Å². The average molecular weight is 1060 g/mol. The summed E-state index contributed by atoms with van der Waals surface area (Å²) >= 11 is 15.9. The lowest BCUT2D eigenvalue weighted by Gasteiger charge is -2.39. The molecule has 0 bridgehead atoms. The number of anilines is 3. The Balaban J connectivity index is 0.000000190. The molecule has 8 rings (SSSR count). The maximum atomic E-state index is 12.9. The smallest absolute Gasteiger partial charge is 0.414 e. The molecular formula is C50H61BrCl2N6O10. The van der Waals surface area contributed by atoms with Gasteiger partial charge >= 0.3 is 24.4 Å². The summed E-state index contributed by atoms with van der Waals surface area (Å²) in [5.41, 5.74) is 2.93. The van der Waals surface area contributed by atoms with Crippen LogP contribution in [0.1, 0.15) is 52.7 Å². The number of hydrogen-bond donors (Lipinski definition) is 1. The molecule has 0 spiro atoms. The summed E-state index contributed by atoms with van der Waals surface area (Å²) in [5.74, 6) is 1.20. The van der Waals surface area contributed by atoms with E-state index in [4.69, 9.17) is 51.6 Å². The molecule has 4 aromatic rings. The second kappa shape index (κ2) is 24.3. The van der Waals surface area contributed by atoms with Gasteiger partial charge in [-0.05, 0) is 92.9 Å². The third kappa shape index (κ3) is 15.7. The molecule has 2 fully saturated rings. The Morgan fingerprint density at radius 1 is 0.565 bits per heavy atom. The van der Waals surface area contributed by atoms with E-state index in [1.165, 1.54) is 0 Å². The van der Waals surface area contributed by atoms with E-state index in [0.29, 0.717) is 85.4 Å². The summed E-state index contributed by atoms with van der Waals surface area (Å²) in [6.45, 7) is 18.6. The predicted molar refractivity (Wildman–Crippen MR) is 270 cm³/mol. The summed E-state index contributed by atoms with van der Waals surface area (Å²) in [7, 11) is 0. The molecule has 0 aliphatic carbocycles. The number of hydrogen-bond acceptors (Lipinski definition) is 12. The minimum Gasteiger partial charge on any atom is -0.488 e. The van der Waals surface area contributed by atoms with Crippen LogP contribution in [0, 0.1) is 0 Å². The molecule has 1 N–H and O–H groups in total. The number of piperazine rings is 2. The second-order valence-corrected chi connectivity index (χ2v) is 20.0. The van der Waals surface area contributed by atoms with Crippen LogP contribution in [-0.4, -0.2) is 124 Å². The zero-order valence-corrected chi connectivity index (χ0v) is 43.0. The van der Waals surface area contributed by atoms with Crippen molar-refractivity contribution in [3.63, 3.8) is 0 Å². The van der Waals surface area contributed by atoms with Gasteiger partial charge in [0.1, 0.15) is 37.6 Å². The molecule has 4 heterocycles. The molecule has 19 heteroatoms. The molecule has 2 saturated heterocycles. The molecule has 0 atom stereocenters. The van der Waals surface area contributed by atoms with Crippen molar-refractivity contribution < 1.29 is 47.6 Å². The number of carbonyl (C=O) groups excluding carboxylic acids is 4. The normalized spacial score (nSPS) is 15.6. The fourth-order valence-electron chi connectivity index (χ4n) is 7.36. The molecule has 372 valence electrons. The number of halogens is 3. The van der Waals surface area contributed by atoms with Crippen LogP contribution in [0.5, 0.6) is 11.5 Å². The van der Waals surface area contributed by atoms with Crippen molar-refractivity contribution in [2.24, 2.45) is 0 Å². The quantitative estimate of drug-likeness (QED) is 0.189. The Labute approximate surface area is 422 Å². The number of fused-ring (bicyclic) bond motifs is 2. The standard InChI is InChI=1S/C25H30ClN3O5.C16H13BrClNO3.C9H18N2O2/c1-25(2,3)34-23(30)28-11-9-27(10-12-28)20-15-19(26)16-21-22(20)32-14-13-29(21)24(31)33-17-18-7-5-4-6-8-18;17-13-8-12(18)9-14-15(13)21-7-6-19(14)16(20)22-10-11-4-2-1-3-5-11;1-9(2,3)13-8(12)11-6-4-10-5-7-11/h4-8,15-16H,9-14,17H2,1-3H3;1-5,8-9H,6-7,10H2;10H,4-7H2,1-3H3. The van der Waals surface area contributed by atoms with E-state index in [-0.39, 0.29) is 31.0 Å². The molecule has 0 aromatic heterocycles. The SMILES string of the molecule is CC(C)(C)OC(=O)N1CCN(c2cc(Cl)cc3c2OCCN3C(=O)OCc2ccccc2)CC1.CC(C)(C)OC(=O)N1CCNCC1.O=C(OCc1ccccc1)N1CCOc2c(Br)cc(Cl)cc21. The predicted octanol–water partition coefficient (Wildman–Crippen LogP) is 10.4.